The first-order valence-corrected chi connectivity index (χ1v) is 8.05. The predicted molar refractivity (Wildman–Crippen MR) is 80.1 cm³/mol. The zero-order valence-electron chi connectivity index (χ0n) is 11.9. The van der Waals surface area contributed by atoms with Gasteiger partial charge in [0, 0.05) is 18.4 Å². The first-order valence-electron chi connectivity index (χ1n) is 6.56. The SMILES string of the molecule is Cc1ccc(CO)cc1S(=O)(=O)NC(C)c1cccnc1. The Kier molecular flexibility index (Phi) is 4.72. The first kappa shape index (κ1) is 15.6. The lowest BCUT2D eigenvalue weighted by Gasteiger charge is -2.16. The van der Waals surface area contributed by atoms with Crippen molar-refractivity contribution in [2.45, 2.75) is 31.4 Å². The van der Waals surface area contributed by atoms with Crippen LogP contribution in [0.25, 0.3) is 0 Å². The predicted octanol–water partition coefficient (Wildman–Crippen LogP) is 1.92. The van der Waals surface area contributed by atoms with Gasteiger partial charge in [0.2, 0.25) is 10.0 Å². The van der Waals surface area contributed by atoms with Gasteiger partial charge in [-0.25, -0.2) is 13.1 Å². The molecular formula is C15H18N2O3S. The standard InChI is InChI=1S/C15H18N2O3S/c1-11-5-6-13(10-18)8-15(11)21(19,20)17-12(2)14-4-3-7-16-9-14/h3-9,12,17-18H,10H2,1-2H3. The molecule has 0 spiro atoms. The molecular weight excluding hydrogens is 288 g/mol. The first-order chi connectivity index (χ1) is 9.94. The Bertz CT molecular complexity index is 715. The zero-order chi connectivity index (χ0) is 15.5. The minimum absolute atomic E-state index is 0.185. The molecule has 21 heavy (non-hydrogen) atoms. The van der Waals surface area contributed by atoms with E-state index in [1.165, 1.54) is 6.07 Å². The van der Waals surface area contributed by atoms with Gasteiger partial charge in [-0.05, 0) is 42.7 Å². The number of pyridine rings is 1. The number of nitrogens with zero attached hydrogens (tertiary/aromatic N) is 1. The lowest BCUT2D eigenvalue weighted by atomic mass is 10.2. The molecule has 1 atom stereocenters. The van der Waals surface area contributed by atoms with Gasteiger partial charge in [0.05, 0.1) is 11.5 Å². The fourth-order valence-electron chi connectivity index (χ4n) is 2.03. The molecule has 0 aliphatic heterocycles. The molecule has 0 radical (unpaired) electrons. The maximum absolute atomic E-state index is 12.5. The largest absolute Gasteiger partial charge is 0.392 e. The summed E-state index contributed by atoms with van der Waals surface area (Å²) in [6.45, 7) is 3.30. The number of aliphatic hydroxyl groups is 1. The summed E-state index contributed by atoms with van der Waals surface area (Å²) in [7, 11) is -3.66. The van der Waals surface area contributed by atoms with E-state index in [0.29, 0.717) is 11.1 Å². The Morgan fingerprint density at radius 2 is 2.10 bits per heavy atom. The number of aromatic nitrogens is 1. The summed E-state index contributed by atoms with van der Waals surface area (Å²) in [6.07, 6.45) is 3.27. The topological polar surface area (TPSA) is 79.3 Å². The third-order valence-electron chi connectivity index (χ3n) is 3.24. The van der Waals surface area contributed by atoms with Gasteiger partial charge in [-0.1, -0.05) is 18.2 Å². The molecule has 6 heteroatoms. The number of rotatable bonds is 5. The number of hydrogen-bond acceptors (Lipinski definition) is 4. The molecule has 0 saturated carbocycles. The molecule has 0 amide bonds. The third kappa shape index (κ3) is 3.66. The van der Waals surface area contributed by atoms with Crippen LogP contribution in [-0.4, -0.2) is 18.5 Å². The second-order valence-electron chi connectivity index (χ2n) is 4.89. The third-order valence-corrected chi connectivity index (χ3v) is 4.92. The summed E-state index contributed by atoms with van der Waals surface area (Å²) < 4.78 is 27.6. The van der Waals surface area contributed by atoms with Crippen LogP contribution in [0.1, 0.15) is 29.7 Å². The van der Waals surface area contributed by atoms with Crippen molar-refractivity contribution in [3.63, 3.8) is 0 Å². The van der Waals surface area contributed by atoms with E-state index in [2.05, 4.69) is 9.71 Å². The molecule has 0 fully saturated rings. The number of nitrogens with one attached hydrogen (secondary N) is 1. The Morgan fingerprint density at radius 3 is 2.71 bits per heavy atom. The highest BCUT2D eigenvalue weighted by Crippen LogP contribution is 2.20. The summed E-state index contributed by atoms with van der Waals surface area (Å²) >= 11 is 0. The maximum Gasteiger partial charge on any atom is 0.241 e. The highest BCUT2D eigenvalue weighted by Gasteiger charge is 2.20. The number of sulfonamides is 1. The van der Waals surface area contributed by atoms with Crippen LogP contribution >= 0.6 is 0 Å². The molecule has 2 aromatic rings. The van der Waals surface area contributed by atoms with E-state index in [4.69, 9.17) is 5.11 Å². The van der Waals surface area contributed by atoms with Crippen LogP contribution in [0.3, 0.4) is 0 Å². The maximum atomic E-state index is 12.5. The van der Waals surface area contributed by atoms with Crippen LogP contribution in [0.5, 0.6) is 0 Å². The van der Waals surface area contributed by atoms with Crippen LogP contribution in [-0.2, 0) is 16.6 Å². The summed E-state index contributed by atoms with van der Waals surface area (Å²) in [6, 6.07) is 8.08. The van der Waals surface area contributed by atoms with Gasteiger partial charge in [0.1, 0.15) is 0 Å². The molecule has 1 unspecified atom stereocenters. The van der Waals surface area contributed by atoms with Crippen molar-refractivity contribution in [2.75, 3.05) is 0 Å². The van der Waals surface area contributed by atoms with Crippen molar-refractivity contribution in [1.82, 2.24) is 9.71 Å². The molecule has 1 aromatic heterocycles. The highest BCUT2D eigenvalue weighted by molar-refractivity contribution is 7.89. The van der Waals surface area contributed by atoms with Gasteiger partial charge >= 0.3 is 0 Å². The molecule has 1 aromatic carbocycles. The highest BCUT2D eigenvalue weighted by atomic mass is 32.2. The van der Waals surface area contributed by atoms with E-state index < -0.39 is 10.0 Å². The van der Waals surface area contributed by atoms with E-state index >= 15 is 0 Å². The molecule has 2 rings (SSSR count). The number of aryl methyl sites for hydroxylation is 1. The molecule has 112 valence electrons. The molecule has 2 N–H and O–H groups in total. The second kappa shape index (κ2) is 6.34. The zero-order valence-corrected chi connectivity index (χ0v) is 12.8. The molecule has 0 aliphatic rings. The number of hydrogen-bond donors (Lipinski definition) is 2. The van der Waals surface area contributed by atoms with Crippen LogP contribution in [0, 0.1) is 6.92 Å². The van der Waals surface area contributed by atoms with Crippen LogP contribution < -0.4 is 4.72 Å². The average Bonchev–Trinajstić information content (AvgIpc) is 2.48. The summed E-state index contributed by atoms with van der Waals surface area (Å²) in [5, 5.41) is 9.16. The lowest BCUT2D eigenvalue weighted by molar-refractivity contribution is 0.281. The van der Waals surface area contributed by atoms with Gasteiger partial charge < -0.3 is 5.11 Å². The molecule has 0 saturated heterocycles. The number of benzene rings is 1. The van der Waals surface area contributed by atoms with Gasteiger partial charge in [-0.15, -0.1) is 0 Å². The summed E-state index contributed by atoms with van der Waals surface area (Å²) in [4.78, 5) is 4.17. The van der Waals surface area contributed by atoms with E-state index in [1.54, 1.807) is 44.4 Å². The fourth-order valence-corrected chi connectivity index (χ4v) is 3.56. The van der Waals surface area contributed by atoms with Crippen molar-refractivity contribution >= 4 is 10.0 Å². The van der Waals surface area contributed by atoms with E-state index in [0.717, 1.165) is 5.56 Å². The van der Waals surface area contributed by atoms with Crippen molar-refractivity contribution in [3.8, 4) is 0 Å². The smallest absolute Gasteiger partial charge is 0.241 e. The van der Waals surface area contributed by atoms with Crippen LogP contribution in [0.2, 0.25) is 0 Å². The normalized spacial score (nSPS) is 13.1. The fraction of sp³-hybridized carbons (Fsp3) is 0.267. The average molecular weight is 306 g/mol. The van der Waals surface area contributed by atoms with E-state index in [-0.39, 0.29) is 17.5 Å². The van der Waals surface area contributed by atoms with E-state index in [1.807, 2.05) is 6.07 Å². The van der Waals surface area contributed by atoms with Crippen LogP contribution in [0.4, 0.5) is 0 Å². The Morgan fingerprint density at radius 1 is 1.33 bits per heavy atom. The van der Waals surface area contributed by atoms with Crippen molar-refractivity contribution in [2.24, 2.45) is 0 Å². The second-order valence-corrected chi connectivity index (χ2v) is 6.57. The minimum Gasteiger partial charge on any atom is -0.392 e. The Labute approximate surface area is 124 Å². The molecule has 0 bridgehead atoms. The van der Waals surface area contributed by atoms with Gasteiger partial charge in [0.15, 0.2) is 0 Å². The van der Waals surface area contributed by atoms with Crippen LogP contribution in [0.15, 0.2) is 47.6 Å². The summed E-state index contributed by atoms with van der Waals surface area (Å²) in [5.74, 6) is 0. The van der Waals surface area contributed by atoms with Gasteiger partial charge in [-0.2, -0.15) is 0 Å². The molecule has 0 aliphatic carbocycles. The van der Waals surface area contributed by atoms with Gasteiger partial charge in [0.25, 0.3) is 0 Å². The Balaban J connectivity index is 2.30. The molecule has 1 heterocycles. The monoisotopic (exact) mass is 306 g/mol. The molecule has 5 nitrogen and oxygen atoms in total. The van der Waals surface area contributed by atoms with Gasteiger partial charge in [-0.3, -0.25) is 4.98 Å². The van der Waals surface area contributed by atoms with E-state index in [9.17, 15) is 8.42 Å². The van der Waals surface area contributed by atoms with Crippen molar-refractivity contribution in [3.05, 3.63) is 59.4 Å². The Hall–Kier alpha value is -1.76. The quantitative estimate of drug-likeness (QED) is 0.884. The van der Waals surface area contributed by atoms with Crippen molar-refractivity contribution < 1.29 is 13.5 Å². The lowest BCUT2D eigenvalue weighted by Crippen LogP contribution is -2.27. The van der Waals surface area contributed by atoms with Crippen molar-refractivity contribution in [1.29, 1.82) is 0 Å². The summed E-state index contributed by atoms with van der Waals surface area (Å²) in [5.41, 5.74) is 1.99. The minimum atomic E-state index is -3.66. The number of aliphatic hydroxyl groups excluding tert-OH is 1.